The van der Waals surface area contributed by atoms with Crippen LogP contribution in [0.3, 0.4) is 0 Å². The van der Waals surface area contributed by atoms with E-state index in [0.29, 0.717) is 15.8 Å². The van der Waals surface area contributed by atoms with Gasteiger partial charge in [0.05, 0.1) is 10.6 Å². The minimum atomic E-state index is -0.309. The van der Waals surface area contributed by atoms with Crippen molar-refractivity contribution in [2.24, 2.45) is 4.99 Å². The van der Waals surface area contributed by atoms with Gasteiger partial charge in [-0.2, -0.15) is 0 Å². The highest BCUT2D eigenvalue weighted by Crippen LogP contribution is 2.33. The second-order valence-electron chi connectivity index (χ2n) is 6.11. The standard InChI is InChI=1S/C21H22FN3OS/c1-4-25(5-2)18-12-6-15(7-13-18)14-19-20(26)24(3)21(27-19)23-17-10-8-16(22)9-11-17/h6-14H,4-5H2,1-3H3/b19-14+,23-21?. The molecule has 0 unspecified atom stereocenters. The van der Waals surface area contributed by atoms with Gasteiger partial charge in [-0.05, 0) is 73.6 Å². The van der Waals surface area contributed by atoms with Crippen LogP contribution in [0.1, 0.15) is 19.4 Å². The van der Waals surface area contributed by atoms with Gasteiger partial charge in [-0.3, -0.25) is 9.69 Å². The molecule has 1 saturated heterocycles. The number of carbonyl (C=O) groups excluding carboxylic acids is 1. The normalized spacial score (nSPS) is 17.2. The Morgan fingerprint density at radius 3 is 2.30 bits per heavy atom. The molecule has 1 aliphatic rings. The number of carbonyl (C=O) groups is 1. The number of nitrogens with zero attached hydrogens (tertiary/aromatic N) is 3. The van der Waals surface area contributed by atoms with Gasteiger partial charge < -0.3 is 4.90 Å². The summed E-state index contributed by atoms with van der Waals surface area (Å²) in [6.07, 6.45) is 1.88. The van der Waals surface area contributed by atoms with Crippen molar-refractivity contribution in [1.29, 1.82) is 0 Å². The molecule has 0 N–H and O–H groups in total. The summed E-state index contributed by atoms with van der Waals surface area (Å²) in [5.41, 5.74) is 2.75. The molecule has 1 aliphatic heterocycles. The molecule has 1 amide bonds. The molecule has 140 valence electrons. The molecular formula is C21H22FN3OS. The van der Waals surface area contributed by atoms with Crippen molar-refractivity contribution < 1.29 is 9.18 Å². The lowest BCUT2D eigenvalue weighted by Crippen LogP contribution is -2.23. The molecule has 0 atom stereocenters. The molecule has 4 nitrogen and oxygen atoms in total. The monoisotopic (exact) mass is 383 g/mol. The Morgan fingerprint density at radius 1 is 1.07 bits per heavy atom. The maximum absolute atomic E-state index is 13.0. The van der Waals surface area contributed by atoms with Crippen molar-refractivity contribution >= 4 is 40.3 Å². The lowest BCUT2D eigenvalue weighted by Gasteiger charge is -2.20. The van der Waals surface area contributed by atoms with Crippen LogP contribution < -0.4 is 4.90 Å². The van der Waals surface area contributed by atoms with Crippen LogP contribution in [0.2, 0.25) is 0 Å². The van der Waals surface area contributed by atoms with E-state index in [0.717, 1.165) is 18.7 Å². The number of halogens is 1. The van der Waals surface area contributed by atoms with Gasteiger partial charge in [0.2, 0.25) is 0 Å². The summed E-state index contributed by atoms with van der Waals surface area (Å²) in [6, 6.07) is 14.1. The fourth-order valence-electron chi connectivity index (χ4n) is 2.80. The van der Waals surface area contributed by atoms with E-state index in [1.165, 1.54) is 34.5 Å². The topological polar surface area (TPSA) is 35.9 Å². The van der Waals surface area contributed by atoms with E-state index in [9.17, 15) is 9.18 Å². The Kier molecular flexibility index (Phi) is 5.96. The average molecular weight is 383 g/mol. The second-order valence-corrected chi connectivity index (χ2v) is 7.12. The Balaban J connectivity index is 1.80. The van der Waals surface area contributed by atoms with Crippen molar-refractivity contribution in [3.05, 3.63) is 64.8 Å². The molecule has 2 aromatic carbocycles. The maximum atomic E-state index is 13.0. The first-order valence-electron chi connectivity index (χ1n) is 8.88. The summed E-state index contributed by atoms with van der Waals surface area (Å²) in [7, 11) is 1.70. The van der Waals surface area contributed by atoms with Crippen LogP contribution >= 0.6 is 11.8 Å². The second kappa shape index (κ2) is 8.39. The Hall–Kier alpha value is -2.60. The molecule has 1 heterocycles. The highest BCUT2D eigenvalue weighted by atomic mass is 32.2. The fourth-order valence-corrected chi connectivity index (χ4v) is 3.79. The summed E-state index contributed by atoms with van der Waals surface area (Å²) in [5, 5.41) is 0.581. The van der Waals surface area contributed by atoms with Crippen molar-refractivity contribution in [3.63, 3.8) is 0 Å². The van der Waals surface area contributed by atoms with Gasteiger partial charge >= 0.3 is 0 Å². The molecule has 2 aromatic rings. The predicted octanol–water partition coefficient (Wildman–Crippen LogP) is 4.91. The van der Waals surface area contributed by atoms with Gasteiger partial charge in [0, 0.05) is 25.8 Å². The van der Waals surface area contributed by atoms with Gasteiger partial charge in [-0.15, -0.1) is 0 Å². The summed E-state index contributed by atoms with van der Waals surface area (Å²) < 4.78 is 13.0. The van der Waals surface area contributed by atoms with E-state index in [4.69, 9.17) is 0 Å². The molecule has 6 heteroatoms. The molecule has 0 saturated carbocycles. The number of amidine groups is 1. The maximum Gasteiger partial charge on any atom is 0.266 e. The minimum absolute atomic E-state index is 0.0892. The van der Waals surface area contributed by atoms with Crippen LogP contribution in [0.25, 0.3) is 6.08 Å². The molecule has 3 rings (SSSR count). The molecule has 0 radical (unpaired) electrons. The first kappa shape index (κ1) is 19.2. The van der Waals surface area contributed by atoms with Gasteiger partial charge in [0.1, 0.15) is 5.82 Å². The summed E-state index contributed by atoms with van der Waals surface area (Å²) >= 11 is 1.32. The average Bonchev–Trinajstić information content (AvgIpc) is 2.94. The smallest absolute Gasteiger partial charge is 0.266 e. The molecule has 0 aromatic heterocycles. The van der Waals surface area contributed by atoms with E-state index in [1.807, 2.05) is 18.2 Å². The van der Waals surface area contributed by atoms with Gasteiger partial charge in [0.25, 0.3) is 5.91 Å². The number of hydrogen-bond acceptors (Lipinski definition) is 4. The van der Waals surface area contributed by atoms with E-state index >= 15 is 0 Å². The molecular weight excluding hydrogens is 361 g/mol. The van der Waals surface area contributed by atoms with Crippen LogP contribution in [0.5, 0.6) is 0 Å². The minimum Gasteiger partial charge on any atom is -0.372 e. The van der Waals surface area contributed by atoms with Crippen LogP contribution in [-0.4, -0.2) is 36.1 Å². The van der Waals surface area contributed by atoms with E-state index in [-0.39, 0.29) is 11.7 Å². The molecule has 0 bridgehead atoms. The Morgan fingerprint density at radius 2 is 1.70 bits per heavy atom. The summed E-state index contributed by atoms with van der Waals surface area (Å²) in [6.45, 7) is 6.18. The Bertz CT molecular complexity index is 871. The zero-order chi connectivity index (χ0) is 19.4. The number of likely N-dealkylation sites (N-methyl/N-ethyl adjacent to an activating group) is 1. The highest BCUT2D eigenvalue weighted by molar-refractivity contribution is 8.18. The van der Waals surface area contributed by atoms with Gasteiger partial charge in [-0.25, -0.2) is 9.38 Å². The van der Waals surface area contributed by atoms with E-state index in [2.05, 4.69) is 35.9 Å². The molecule has 27 heavy (non-hydrogen) atoms. The van der Waals surface area contributed by atoms with Crippen LogP contribution in [0, 0.1) is 5.82 Å². The van der Waals surface area contributed by atoms with Crippen molar-refractivity contribution in [3.8, 4) is 0 Å². The van der Waals surface area contributed by atoms with E-state index in [1.54, 1.807) is 19.2 Å². The third-order valence-electron chi connectivity index (χ3n) is 4.37. The first-order valence-corrected chi connectivity index (χ1v) is 9.70. The van der Waals surface area contributed by atoms with Crippen LogP contribution in [-0.2, 0) is 4.79 Å². The van der Waals surface area contributed by atoms with Gasteiger partial charge in [0.15, 0.2) is 5.17 Å². The van der Waals surface area contributed by atoms with Crippen molar-refractivity contribution in [1.82, 2.24) is 4.90 Å². The van der Waals surface area contributed by atoms with Crippen LogP contribution in [0.4, 0.5) is 15.8 Å². The largest absolute Gasteiger partial charge is 0.372 e. The number of hydrogen-bond donors (Lipinski definition) is 0. The summed E-state index contributed by atoms with van der Waals surface area (Å²) in [4.78, 5) is 21.4. The predicted molar refractivity (Wildman–Crippen MR) is 112 cm³/mol. The number of aliphatic imine (C=N–C) groups is 1. The Labute approximate surface area is 163 Å². The number of anilines is 1. The number of benzene rings is 2. The third kappa shape index (κ3) is 4.39. The number of amides is 1. The summed E-state index contributed by atoms with van der Waals surface area (Å²) in [5.74, 6) is -0.398. The quantitative estimate of drug-likeness (QED) is 0.689. The van der Waals surface area contributed by atoms with Crippen molar-refractivity contribution in [2.45, 2.75) is 13.8 Å². The zero-order valence-corrected chi connectivity index (χ0v) is 16.5. The first-order chi connectivity index (χ1) is 13.0. The van der Waals surface area contributed by atoms with Gasteiger partial charge in [-0.1, -0.05) is 12.1 Å². The lowest BCUT2D eigenvalue weighted by molar-refractivity contribution is -0.121. The zero-order valence-electron chi connectivity index (χ0n) is 15.6. The number of thioether (sulfide) groups is 1. The highest BCUT2D eigenvalue weighted by Gasteiger charge is 2.30. The molecule has 0 spiro atoms. The molecule has 0 aliphatic carbocycles. The van der Waals surface area contributed by atoms with Crippen LogP contribution in [0.15, 0.2) is 58.4 Å². The SMILES string of the molecule is CCN(CC)c1ccc(/C=C2/SC(=Nc3ccc(F)cc3)N(C)C2=O)cc1. The number of rotatable bonds is 5. The third-order valence-corrected chi connectivity index (χ3v) is 5.43. The lowest BCUT2D eigenvalue weighted by atomic mass is 10.1. The van der Waals surface area contributed by atoms with E-state index < -0.39 is 0 Å². The molecule has 1 fully saturated rings. The fraction of sp³-hybridized carbons (Fsp3) is 0.238. The van der Waals surface area contributed by atoms with Crippen molar-refractivity contribution in [2.75, 3.05) is 25.0 Å².